The number of carbonyl (C=O) groups excluding carboxylic acids is 1. The maximum atomic E-state index is 12.1. The van der Waals surface area contributed by atoms with E-state index >= 15 is 0 Å². The first kappa shape index (κ1) is 16.6. The number of aryl methyl sites for hydroxylation is 1. The van der Waals surface area contributed by atoms with Gasteiger partial charge in [-0.3, -0.25) is 4.79 Å². The second-order valence-corrected chi connectivity index (χ2v) is 6.36. The zero-order valence-corrected chi connectivity index (χ0v) is 14.2. The van der Waals surface area contributed by atoms with Crippen LogP contribution < -0.4 is 10.6 Å². The van der Waals surface area contributed by atoms with E-state index in [4.69, 9.17) is 0 Å². The summed E-state index contributed by atoms with van der Waals surface area (Å²) in [5, 5.41) is 6.75. The van der Waals surface area contributed by atoms with Gasteiger partial charge in [-0.1, -0.05) is 38.1 Å². The Balaban J connectivity index is 1.99. The fraction of sp³-hybridized carbons (Fsp3) is 0.412. The maximum Gasteiger partial charge on any atom is 0.243 e. The quantitative estimate of drug-likeness (QED) is 0.823. The Hall–Kier alpha value is -1.72. The van der Waals surface area contributed by atoms with E-state index in [9.17, 15) is 4.79 Å². The molecule has 1 aromatic carbocycles. The van der Waals surface area contributed by atoms with Gasteiger partial charge in [-0.15, -0.1) is 11.3 Å². The van der Waals surface area contributed by atoms with E-state index in [1.165, 1.54) is 22.5 Å². The molecule has 1 atom stereocenters. The number of nitrogens with one attached hydrogen (secondary N) is 2. The lowest BCUT2D eigenvalue weighted by molar-refractivity contribution is -0.118. The van der Waals surface area contributed by atoms with Crippen LogP contribution >= 0.6 is 11.3 Å². The fourth-order valence-electron chi connectivity index (χ4n) is 2.30. The van der Waals surface area contributed by atoms with Gasteiger partial charge in [0.15, 0.2) is 5.13 Å². The van der Waals surface area contributed by atoms with E-state index in [2.05, 4.69) is 34.7 Å². The molecule has 5 heteroatoms. The molecular formula is C17H23N3OS. The van der Waals surface area contributed by atoms with Gasteiger partial charge in [0.05, 0.1) is 6.04 Å². The predicted octanol–water partition coefficient (Wildman–Crippen LogP) is 3.37. The zero-order chi connectivity index (χ0) is 15.9. The summed E-state index contributed by atoms with van der Waals surface area (Å²) < 4.78 is 0. The molecular weight excluding hydrogens is 294 g/mol. The van der Waals surface area contributed by atoms with E-state index in [0.717, 1.165) is 24.3 Å². The number of likely N-dealkylation sites (N-methyl/N-ethyl adjacent to an activating group) is 1. The molecule has 2 N–H and O–H groups in total. The number of benzene rings is 1. The van der Waals surface area contributed by atoms with E-state index < -0.39 is 0 Å². The van der Waals surface area contributed by atoms with E-state index in [0.29, 0.717) is 5.13 Å². The topological polar surface area (TPSA) is 54.0 Å². The third-order valence-corrected chi connectivity index (χ3v) is 4.50. The smallest absolute Gasteiger partial charge is 0.243 e. The van der Waals surface area contributed by atoms with Crippen LogP contribution in [0.15, 0.2) is 30.5 Å². The summed E-state index contributed by atoms with van der Waals surface area (Å²) in [5.74, 6) is -0.0128. The van der Waals surface area contributed by atoms with Crippen LogP contribution in [0.5, 0.6) is 0 Å². The van der Waals surface area contributed by atoms with E-state index in [-0.39, 0.29) is 11.9 Å². The molecule has 1 heterocycles. The van der Waals surface area contributed by atoms with Crippen LogP contribution in [0.1, 0.15) is 36.3 Å². The molecule has 0 aliphatic heterocycles. The lowest BCUT2D eigenvalue weighted by atomic mass is 10.1. The van der Waals surface area contributed by atoms with Gasteiger partial charge in [-0.2, -0.15) is 0 Å². The van der Waals surface area contributed by atoms with Crippen molar-refractivity contribution in [3.05, 3.63) is 46.5 Å². The second-order valence-electron chi connectivity index (χ2n) is 5.24. The summed E-state index contributed by atoms with van der Waals surface area (Å²) in [4.78, 5) is 17.6. The Labute approximate surface area is 136 Å². The number of aromatic nitrogens is 1. The van der Waals surface area contributed by atoms with E-state index in [1.807, 2.05) is 32.2 Å². The molecule has 1 aromatic heterocycles. The monoisotopic (exact) mass is 317 g/mol. The zero-order valence-electron chi connectivity index (χ0n) is 13.3. The highest BCUT2D eigenvalue weighted by molar-refractivity contribution is 7.15. The lowest BCUT2D eigenvalue weighted by Crippen LogP contribution is -2.39. The summed E-state index contributed by atoms with van der Waals surface area (Å²) in [6, 6.07) is 8.18. The third-order valence-electron chi connectivity index (χ3n) is 3.58. The molecule has 4 nitrogen and oxygen atoms in total. The Bertz CT molecular complexity index is 624. The number of hydrogen-bond donors (Lipinski definition) is 2. The van der Waals surface area contributed by atoms with Gasteiger partial charge in [0.2, 0.25) is 5.91 Å². The minimum atomic E-state index is -0.159. The van der Waals surface area contributed by atoms with Gasteiger partial charge in [0.1, 0.15) is 0 Å². The Morgan fingerprint density at radius 1 is 1.32 bits per heavy atom. The average molecular weight is 317 g/mol. The van der Waals surface area contributed by atoms with Crippen LogP contribution in [0.3, 0.4) is 0 Å². The molecule has 1 amide bonds. The van der Waals surface area contributed by atoms with Crippen molar-refractivity contribution in [1.82, 2.24) is 10.3 Å². The first-order chi connectivity index (χ1) is 10.6. The van der Waals surface area contributed by atoms with Crippen LogP contribution in [-0.4, -0.2) is 23.5 Å². The van der Waals surface area contributed by atoms with Gasteiger partial charge in [-0.25, -0.2) is 4.98 Å². The van der Waals surface area contributed by atoms with Crippen molar-refractivity contribution in [2.45, 2.75) is 39.7 Å². The van der Waals surface area contributed by atoms with Gasteiger partial charge in [0.25, 0.3) is 0 Å². The number of rotatable bonds is 7. The molecule has 0 saturated heterocycles. The van der Waals surface area contributed by atoms with Crippen LogP contribution in [0.4, 0.5) is 5.13 Å². The van der Waals surface area contributed by atoms with Crippen LogP contribution in [-0.2, 0) is 11.2 Å². The molecule has 2 rings (SSSR count). The highest BCUT2D eigenvalue weighted by atomic mass is 32.1. The molecule has 2 aromatic rings. The highest BCUT2D eigenvalue weighted by Gasteiger charge is 2.16. The summed E-state index contributed by atoms with van der Waals surface area (Å²) in [5.41, 5.74) is 2.57. The summed E-state index contributed by atoms with van der Waals surface area (Å²) >= 11 is 1.54. The van der Waals surface area contributed by atoms with Crippen molar-refractivity contribution >= 4 is 22.4 Å². The Morgan fingerprint density at radius 3 is 2.77 bits per heavy atom. The van der Waals surface area contributed by atoms with Gasteiger partial charge in [-0.05, 0) is 31.0 Å². The molecule has 22 heavy (non-hydrogen) atoms. The van der Waals surface area contributed by atoms with Crippen molar-refractivity contribution < 1.29 is 4.79 Å². The van der Waals surface area contributed by atoms with Crippen molar-refractivity contribution in [3.8, 4) is 0 Å². The highest BCUT2D eigenvalue weighted by Crippen LogP contribution is 2.22. The molecule has 0 radical (unpaired) electrons. The fourth-order valence-corrected chi connectivity index (χ4v) is 3.14. The molecule has 118 valence electrons. The number of anilines is 1. The molecule has 0 aliphatic carbocycles. The lowest BCUT2D eigenvalue weighted by Gasteiger charge is -2.14. The SMILES string of the molecule is CCNC(CC)C(=O)Nc1ncc(Cc2ccccc2C)s1. The first-order valence-electron chi connectivity index (χ1n) is 7.67. The Kier molecular flexibility index (Phi) is 6.10. The van der Waals surface area contributed by atoms with Crippen LogP contribution in [0.25, 0.3) is 0 Å². The van der Waals surface area contributed by atoms with Crippen molar-refractivity contribution in [1.29, 1.82) is 0 Å². The normalized spacial score (nSPS) is 12.1. The summed E-state index contributed by atoms with van der Waals surface area (Å²) in [6.45, 7) is 6.89. The molecule has 0 aliphatic rings. The summed E-state index contributed by atoms with van der Waals surface area (Å²) in [7, 11) is 0. The van der Waals surface area contributed by atoms with Gasteiger partial charge >= 0.3 is 0 Å². The number of amides is 1. The Morgan fingerprint density at radius 2 is 2.09 bits per heavy atom. The van der Waals surface area contributed by atoms with Crippen molar-refractivity contribution in [2.75, 3.05) is 11.9 Å². The number of nitrogens with zero attached hydrogens (tertiary/aromatic N) is 1. The second kappa shape index (κ2) is 8.06. The maximum absolute atomic E-state index is 12.1. The molecule has 0 spiro atoms. The number of hydrogen-bond acceptors (Lipinski definition) is 4. The van der Waals surface area contributed by atoms with Gasteiger partial charge < -0.3 is 10.6 Å². The van der Waals surface area contributed by atoms with Crippen LogP contribution in [0, 0.1) is 6.92 Å². The largest absolute Gasteiger partial charge is 0.306 e. The standard InChI is InChI=1S/C17H23N3OS/c1-4-15(18-5-2)16(21)20-17-19-11-14(22-17)10-13-9-7-6-8-12(13)3/h6-9,11,15,18H,4-5,10H2,1-3H3,(H,19,20,21). The number of thiazole rings is 1. The molecule has 1 unspecified atom stereocenters. The minimum absolute atomic E-state index is 0.0128. The predicted molar refractivity (Wildman–Crippen MR) is 92.5 cm³/mol. The third kappa shape index (κ3) is 4.39. The molecule has 0 bridgehead atoms. The molecule has 0 fully saturated rings. The summed E-state index contributed by atoms with van der Waals surface area (Å²) in [6.07, 6.45) is 3.46. The van der Waals surface area contributed by atoms with Gasteiger partial charge in [0, 0.05) is 17.5 Å². The van der Waals surface area contributed by atoms with Crippen molar-refractivity contribution in [2.24, 2.45) is 0 Å². The average Bonchev–Trinajstić information content (AvgIpc) is 2.94. The first-order valence-corrected chi connectivity index (χ1v) is 8.49. The number of carbonyl (C=O) groups is 1. The van der Waals surface area contributed by atoms with E-state index in [1.54, 1.807) is 0 Å². The minimum Gasteiger partial charge on any atom is -0.306 e. The molecule has 0 saturated carbocycles. The van der Waals surface area contributed by atoms with Crippen molar-refractivity contribution in [3.63, 3.8) is 0 Å². The van der Waals surface area contributed by atoms with Crippen LogP contribution in [0.2, 0.25) is 0 Å².